The van der Waals surface area contributed by atoms with Crippen molar-refractivity contribution in [2.45, 2.75) is 0 Å². The molecule has 0 spiro atoms. The van der Waals surface area contributed by atoms with Gasteiger partial charge in [-0.2, -0.15) is 0 Å². The Morgan fingerprint density at radius 3 is 2.46 bits per heavy atom. The van der Waals surface area contributed by atoms with Crippen LogP contribution >= 0.6 is 0 Å². The van der Waals surface area contributed by atoms with Crippen LogP contribution in [0.25, 0.3) is 0 Å². The molecule has 0 fully saturated rings. The number of amides is 2. The molecule has 0 heterocycles. The first-order valence-corrected chi connectivity index (χ1v) is 3.64. The second-order valence-electron chi connectivity index (χ2n) is 2.55. The summed E-state index contributed by atoms with van der Waals surface area (Å²) in [7, 11) is 1.42. The second kappa shape index (κ2) is 3.86. The predicted octanol–water partition coefficient (Wildman–Crippen LogP) is 1.16. The maximum Gasteiger partial charge on any atom is 0.335 e. The van der Waals surface area contributed by atoms with Gasteiger partial charge in [-0.1, -0.05) is 0 Å². The molecule has 1 rings (SSSR count). The summed E-state index contributed by atoms with van der Waals surface area (Å²) < 4.78 is 12.4. The van der Waals surface area contributed by atoms with Gasteiger partial charge in [0.1, 0.15) is 5.82 Å². The number of halogens is 1. The van der Waals surface area contributed by atoms with Gasteiger partial charge in [-0.25, -0.2) is 15.0 Å². The number of nitrogens with one attached hydrogen (secondary N) is 1. The average molecular weight is 183 g/mol. The van der Waals surface area contributed by atoms with Gasteiger partial charge in [0.25, 0.3) is 0 Å². The van der Waals surface area contributed by atoms with Crippen molar-refractivity contribution in [3.8, 4) is 0 Å². The minimum atomic E-state index is -0.452. The van der Waals surface area contributed by atoms with Crippen LogP contribution in [0.15, 0.2) is 24.3 Å². The van der Waals surface area contributed by atoms with Crippen LogP contribution in [0, 0.1) is 5.82 Å². The van der Waals surface area contributed by atoms with E-state index >= 15 is 0 Å². The molecule has 0 aromatic heterocycles. The minimum Gasteiger partial charge on any atom is -0.307 e. The number of rotatable bonds is 1. The van der Waals surface area contributed by atoms with Crippen molar-refractivity contribution >= 4 is 11.7 Å². The van der Waals surface area contributed by atoms with Crippen molar-refractivity contribution < 1.29 is 9.18 Å². The number of carbonyl (C=O) groups is 1. The highest BCUT2D eigenvalue weighted by Gasteiger charge is 2.03. The van der Waals surface area contributed by atoms with Crippen LogP contribution in [-0.4, -0.2) is 18.1 Å². The van der Waals surface area contributed by atoms with Crippen molar-refractivity contribution in [1.82, 2.24) is 5.01 Å². The predicted molar refractivity (Wildman–Crippen MR) is 47.4 cm³/mol. The first kappa shape index (κ1) is 9.47. The van der Waals surface area contributed by atoms with Gasteiger partial charge in [0, 0.05) is 12.7 Å². The van der Waals surface area contributed by atoms with Crippen LogP contribution in [0.1, 0.15) is 0 Å². The molecule has 0 bridgehead atoms. The molecule has 0 radical (unpaired) electrons. The molecule has 0 aliphatic carbocycles. The highest BCUT2D eigenvalue weighted by Crippen LogP contribution is 2.07. The number of hydrazine groups is 1. The van der Waals surface area contributed by atoms with Gasteiger partial charge in [-0.05, 0) is 24.3 Å². The summed E-state index contributed by atoms with van der Waals surface area (Å²) >= 11 is 0. The first-order valence-electron chi connectivity index (χ1n) is 3.64. The zero-order chi connectivity index (χ0) is 9.84. The number of hydrogen-bond acceptors (Lipinski definition) is 2. The van der Waals surface area contributed by atoms with Crippen LogP contribution in [-0.2, 0) is 0 Å². The normalized spacial score (nSPS) is 9.46. The Labute approximate surface area is 75.1 Å². The van der Waals surface area contributed by atoms with E-state index in [0.29, 0.717) is 5.69 Å². The highest BCUT2D eigenvalue weighted by molar-refractivity contribution is 5.88. The topological polar surface area (TPSA) is 58.4 Å². The van der Waals surface area contributed by atoms with Gasteiger partial charge in [-0.15, -0.1) is 0 Å². The summed E-state index contributed by atoms with van der Waals surface area (Å²) in [6, 6.07) is 4.97. The molecule has 4 nitrogen and oxygen atoms in total. The fourth-order valence-corrected chi connectivity index (χ4v) is 0.745. The molecule has 13 heavy (non-hydrogen) atoms. The molecule has 3 N–H and O–H groups in total. The Kier molecular flexibility index (Phi) is 2.81. The smallest absolute Gasteiger partial charge is 0.307 e. The number of carbonyl (C=O) groups excluding carboxylic acids is 1. The molecule has 1 aromatic carbocycles. The molecule has 0 saturated carbocycles. The first-order chi connectivity index (χ1) is 6.09. The molecule has 2 amide bonds. The van der Waals surface area contributed by atoms with E-state index < -0.39 is 6.03 Å². The highest BCUT2D eigenvalue weighted by atomic mass is 19.1. The van der Waals surface area contributed by atoms with Gasteiger partial charge in [0.15, 0.2) is 0 Å². The SMILES string of the molecule is CN(N)C(=O)Nc1ccc(F)cc1. The van der Waals surface area contributed by atoms with Crippen molar-refractivity contribution in [2.24, 2.45) is 5.84 Å². The number of urea groups is 1. The van der Waals surface area contributed by atoms with Crippen LogP contribution in [0.3, 0.4) is 0 Å². The van der Waals surface area contributed by atoms with E-state index in [1.54, 1.807) is 0 Å². The summed E-state index contributed by atoms with van der Waals surface area (Å²) in [5.74, 6) is 4.81. The fourth-order valence-electron chi connectivity index (χ4n) is 0.745. The lowest BCUT2D eigenvalue weighted by Gasteiger charge is -2.11. The van der Waals surface area contributed by atoms with E-state index in [1.165, 1.54) is 31.3 Å². The second-order valence-corrected chi connectivity index (χ2v) is 2.55. The monoisotopic (exact) mass is 183 g/mol. The molecule has 0 saturated heterocycles. The van der Waals surface area contributed by atoms with Gasteiger partial charge in [0.05, 0.1) is 0 Å². The minimum absolute atomic E-state index is 0.348. The number of nitrogens with zero attached hydrogens (tertiary/aromatic N) is 1. The Hall–Kier alpha value is -1.62. The molecule has 70 valence electrons. The zero-order valence-electron chi connectivity index (χ0n) is 7.12. The Bertz CT molecular complexity index is 297. The summed E-state index contributed by atoms with van der Waals surface area (Å²) in [5.41, 5.74) is 0.503. The summed E-state index contributed by atoms with van der Waals surface area (Å²) in [6.45, 7) is 0. The van der Waals surface area contributed by atoms with E-state index in [2.05, 4.69) is 5.32 Å². The largest absolute Gasteiger partial charge is 0.335 e. The number of nitrogens with two attached hydrogens (primary N) is 1. The number of hydrogen-bond donors (Lipinski definition) is 2. The lowest BCUT2D eigenvalue weighted by molar-refractivity contribution is 0.223. The van der Waals surface area contributed by atoms with E-state index in [4.69, 9.17) is 5.84 Å². The van der Waals surface area contributed by atoms with Crippen LogP contribution in [0.5, 0.6) is 0 Å². The Morgan fingerprint density at radius 1 is 1.46 bits per heavy atom. The van der Waals surface area contributed by atoms with Crippen molar-refractivity contribution in [1.29, 1.82) is 0 Å². The molecular weight excluding hydrogens is 173 g/mol. The fraction of sp³-hybridized carbons (Fsp3) is 0.125. The van der Waals surface area contributed by atoms with E-state index in [1.807, 2.05) is 0 Å². The van der Waals surface area contributed by atoms with Crippen LogP contribution < -0.4 is 11.2 Å². The molecule has 5 heteroatoms. The Morgan fingerprint density at radius 2 is 2.00 bits per heavy atom. The van der Waals surface area contributed by atoms with Crippen LogP contribution in [0.2, 0.25) is 0 Å². The quantitative estimate of drug-likeness (QED) is 0.390. The lowest BCUT2D eigenvalue weighted by Crippen LogP contribution is -2.36. The van der Waals surface area contributed by atoms with Gasteiger partial charge < -0.3 is 5.32 Å². The maximum absolute atomic E-state index is 12.4. The van der Waals surface area contributed by atoms with Crippen molar-refractivity contribution in [3.05, 3.63) is 30.1 Å². The molecular formula is C8H10FN3O. The van der Waals surface area contributed by atoms with Crippen molar-refractivity contribution in [2.75, 3.05) is 12.4 Å². The summed E-state index contributed by atoms with van der Waals surface area (Å²) in [5, 5.41) is 3.37. The van der Waals surface area contributed by atoms with Crippen molar-refractivity contribution in [3.63, 3.8) is 0 Å². The lowest BCUT2D eigenvalue weighted by atomic mass is 10.3. The molecule has 1 aromatic rings. The third kappa shape index (κ3) is 2.72. The van der Waals surface area contributed by atoms with E-state index in [9.17, 15) is 9.18 Å². The third-order valence-corrected chi connectivity index (χ3v) is 1.42. The van der Waals surface area contributed by atoms with Gasteiger partial charge in [-0.3, -0.25) is 5.01 Å². The average Bonchev–Trinajstić information content (AvgIpc) is 2.08. The third-order valence-electron chi connectivity index (χ3n) is 1.42. The molecule has 0 aliphatic rings. The van der Waals surface area contributed by atoms with E-state index in [-0.39, 0.29) is 5.82 Å². The molecule has 0 aliphatic heterocycles. The standard InChI is InChI=1S/C8H10FN3O/c1-12(10)8(13)11-7-4-2-6(9)3-5-7/h2-5H,10H2,1H3,(H,11,13). The maximum atomic E-state index is 12.4. The summed E-state index contributed by atoms with van der Waals surface area (Å²) in [6.07, 6.45) is 0. The number of anilines is 1. The number of benzene rings is 1. The van der Waals surface area contributed by atoms with Gasteiger partial charge >= 0.3 is 6.03 Å². The van der Waals surface area contributed by atoms with Gasteiger partial charge in [0.2, 0.25) is 0 Å². The summed E-state index contributed by atoms with van der Waals surface area (Å²) in [4.78, 5) is 11.0. The van der Waals surface area contributed by atoms with E-state index in [0.717, 1.165) is 5.01 Å². The molecule has 0 atom stereocenters. The zero-order valence-corrected chi connectivity index (χ0v) is 7.12. The molecule has 0 unspecified atom stereocenters. The van der Waals surface area contributed by atoms with Crippen LogP contribution in [0.4, 0.5) is 14.9 Å². The Balaban J connectivity index is 2.65.